The molecule has 2 aliphatic rings. The average molecular weight is 253 g/mol. The standard InChI is InChI=1S/C14H23NO3/c1-3-9-6-11(12(7-9)14(17)18)13(16)15(2)8-10-4-5-10/h9-12H,3-8H2,1-2H3,(H,17,18). The maximum atomic E-state index is 12.3. The molecule has 0 radical (unpaired) electrons. The zero-order valence-electron chi connectivity index (χ0n) is 11.3. The number of aliphatic carboxylic acids is 1. The van der Waals surface area contributed by atoms with E-state index in [1.165, 1.54) is 12.8 Å². The quantitative estimate of drug-likeness (QED) is 0.815. The molecule has 0 saturated heterocycles. The van der Waals surface area contributed by atoms with Gasteiger partial charge in [0.05, 0.1) is 11.8 Å². The third-order valence-electron chi connectivity index (χ3n) is 4.48. The first-order valence-corrected chi connectivity index (χ1v) is 7.00. The molecular weight excluding hydrogens is 230 g/mol. The Hall–Kier alpha value is -1.06. The first kappa shape index (κ1) is 13.4. The van der Waals surface area contributed by atoms with Crippen LogP contribution in [0.15, 0.2) is 0 Å². The summed E-state index contributed by atoms with van der Waals surface area (Å²) in [6.07, 6.45) is 4.81. The molecule has 0 spiro atoms. The fraction of sp³-hybridized carbons (Fsp3) is 0.857. The molecule has 4 heteroatoms. The molecule has 1 amide bonds. The molecule has 2 saturated carbocycles. The molecule has 2 rings (SSSR count). The lowest BCUT2D eigenvalue weighted by atomic mass is 9.95. The van der Waals surface area contributed by atoms with Gasteiger partial charge in [0, 0.05) is 13.6 Å². The van der Waals surface area contributed by atoms with Gasteiger partial charge in [-0.25, -0.2) is 0 Å². The van der Waals surface area contributed by atoms with E-state index in [1.807, 2.05) is 7.05 Å². The molecule has 18 heavy (non-hydrogen) atoms. The molecule has 0 aromatic heterocycles. The number of carbonyl (C=O) groups is 2. The molecule has 4 nitrogen and oxygen atoms in total. The fourth-order valence-electron chi connectivity index (χ4n) is 3.08. The van der Waals surface area contributed by atoms with Gasteiger partial charge in [0.1, 0.15) is 0 Å². The lowest BCUT2D eigenvalue weighted by Crippen LogP contribution is -2.37. The Morgan fingerprint density at radius 1 is 1.17 bits per heavy atom. The fourth-order valence-corrected chi connectivity index (χ4v) is 3.08. The monoisotopic (exact) mass is 253 g/mol. The van der Waals surface area contributed by atoms with E-state index in [9.17, 15) is 14.7 Å². The van der Waals surface area contributed by atoms with Crippen LogP contribution in [0.25, 0.3) is 0 Å². The summed E-state index contributed by atoms with van der Waals surface area (Å²) in [5.74, 6) is -0.463. The highest BCUT2D eigenvalue weighted by Gasteiger charge is 2.43. The van der Waals surface area contributed by atoms with Crippen molar-refractivity contribution >= 4 is 11.9 Å². The number of hydrogen-bond donors (Lipinski definition) is 1. The highest BCUT2D eigenvalue weighted by atomic mass is 16.4. The van der Waals surface area contributed by atoms with Gasteiger partial charge in [-0.05, 0) is 37.5 Å². The molecule has 102 valence electrons. The third kappa shape index (κ3) is 2.85. The van der Waals surface area contributed by atoms with Crippen LogP contribution in [0, 0.1) is 23.7 Å². The van der Waals surface area contributed by atoms with E-state index >= 15 is 0 Å². The van der Waals surface area contributed by atoms with Crippen LogP contribution in [-0.4, -0.2) is 35.5 Å². The minimum absolute atomic E-state index is 0.0465. The summed E-state index contributed by atoms with van der Waals surface area (Å²) in [7, 11) is 1.82. The molecule has 3 atom stereocenters. The predicted molar refractivity (Wildman–Crippen MR) is 68.0 cm³/mol. The SMILES string of the molecule is CCC1CC(C(=O)O)C(C(=O)N(C)CC2CC2)C1. The van der Waals surface area contributed by atoms with Gasteiger partial charge in [0.15, 0.2) is 0 Å². The Bertz CT molecular complexity index is 338. The van der Waals surface area contributed by atoms with Crippen LogP contribution in [0.1, 0.15) is 39.0 Å². The largest absolute Gasteiger partial charge is 0.481 e. The second-order valence-corrected chi connectivity index (χ2v) is 5.96. The first-order chi connectivity index (χ1) is 8.52. The Morgan fingerprint density at radius 3 is 2.28 bits per heavy atom. The summed E-state index contributed by atoms with van der Waals surface area (Å²) in [6, 6.07) is 0. The van der Waals surface area contributed by atoms with Crippen LogP contribution in [0.4, 0.5) is 0 Å². The molecule has 2 fully saturated rings. The van der Waals surface area contributed by atoms with Crippen LogP contribution in [0.2, 0.25) is 0 Å². The van der Waals surface area contributed by atoms with Crippen molar-refractivity contribution in [1.29, 1.82) is 0 Å². The number of carbonyl (C=O) groups excluding carboxylic acids is 1. The van der Waals surface area contributed by atoms with Crippen molar-refractivity contribution < 1.29 is 14.7 Å². The zero-order chi connectivity index (χ0) is 13.3. The topological polar surface area (TPSA) is 57.6 Å². The van der Waals surface area contributed by atoms with Crippen molar-refractivity contribution in [3.8, 4) is 0 Å². The van der Waals surface area contributed by atoms with Gasteiger partial charge in [-0.3, -0.25) is 9.59 Å². The van der Waals surface area contributed by atoms with Crippen molar-refractivity contribution in [1.82, 2.24) is 4.90 Å². The van der Waals surface area contributed by atoms with Crippen LogP contribution in [0.5, 0.6) is 0 Å². The van der Waals surface area contributed by atoms with Crippen molar-refractivity contribution in [2.24, 2.45) is 23.7 Å². The van der Waals surface area contributed by atoms with E-state index < -0.39 is 11.9 Å². The summed E-state index contributed by atoms with van der Waals surface area (Å²) >= 11 is 0. The highest BCUT2D eigenvalue weighted by molar-refractivity contribution is 5.85. The second kappa shape index (κ2) is 5.29. The molecule has 0 bridgehead atoms. The van der Waals surface area contributed by atoms with Crippen LogP contribution < -0.4 is 0 Å². The minimum Gasteiger partial charge on any atom is -0.481 e. The smallest absolute Gasteiger partial charge is 0.307 e. The second-order valence-electron chi connectivity index (χ2n) is 5.96. The lowest BCUT2D eigenvalue weighted by molar-refractivity contribution is -0.148. The molecule has 1 N–H and O–H groups in total. The molecule has 0 aromatic carbocycles. The number of hydrogen-bond acceptors (Lipinski definition) is 2. The van der Waals surface area contributed by atoms with Gasteiger partial charge in [-0.15, -0.1) is 0 Å². The van der Waals surface area contributed by atoms with E-state index in [4.69, 9.17) is 0 Å². The lowest BCUT2D eigenvalue weighted by Gasteiger charge is -2.23. The molecule has 3 unspecified atom stereocenters. The number of amides is 1. The van der Waals surface area contributed by atoms with Crippen molar-refractivity contribution in [2.45, 2.75) is 39.0 Å². The van der Waals surface area contributed by atoms with Gasteiger partial charge in [0.2, 0.25) is 5.91 Å². The molecule has 0 heterocycles. The molecular formula is C14H23NO3. The van der Waals surface area contributed by atoms with E-state index in [0.29, 0.717) is 18.3 Å². The number of nitrogens with zero attached hydrogens (tertiary/aromatic N) is 1. The Labute approximate surface area is 108 Å². The van der Waals surface area contributed by atoms with E-state index in [2.05, 4.69) is 6.92 Å². The Morgan fingerprint density at radius 2 is 1.78 bits per heavy atom. The summed E-state index contributed by atoms with van der Waals surface area (Å²) < 4.78 is 0. The summed E-state index contributed by atoms with van der Waals surface area (Å²) in [5.41, 5.74) is 0. The van der Waals surface area contributed by atoms with Crippen LogP contribution >= 0.6 is 0 Å². The van der Waals surface area contributed by atoms with Crippen molar-refractivity contribution in [3.63, 3.8) is 0 Å². The zero-order valence-corrected chi connectivity index (χ0v) is 11.3. The molecule has 0 aliphatic heterocycles. The van der Waals surface area contributed by atoms with Crippen LogP contribution in [0.3, 0.4) is 0 Å². The molecule has 2 aliphatic carbocycles. The normalized spacial score (nSPS) is 31.3. The highest BCUT2D eigenvalue weighted by Crippen LogP contribution is 2.40. The van der Waals surface area contributed by atoms with Crippen molar-refractivity contribution in [3.05, 3.63) is 0 Å². The van der Waals surface area contributed by atoms with E-state index in [0.717, 1.165) is 19.4 Å². The minimum atomic E-state index is -0.802. The Kier molecular flexibility index (Phi) is 3.93. The average Bonchev–Trinajstić information content (AvgIpc) is 3.03. The predicted octanol–water partition coefficient (Wildman–Crippen LogP) is 1.99. The molecule has 0 aromatic rings. The third-order valence-corrected chi connectivity index (χ3v) is 4.48. The Balaban J connectivity index is 1.99. The first-order valence-electron chi connectivity index (χ1n) is 7.00. The van der Waals surface area contributed by atoms with Crippen LogP contribution in [-0.2, 0) is 9.59 Å². The maximum absolute atomic E-state index is 12.3. The number of rotatable bonds is 5. The van der Waals surface area contributed by atoms with E-state index in [1.54, 1.807) is 4.90 Å². The van der Waals surface area contributed by atoms with Crippen molar-refractivity contribution in [2.75, 3.05) is 13.6 Å². The summed E-state index contributed by atoms with van der Waals surface area (Å²) in [6.45, 7) is 2.88. The summed E-state index contributed by atoms with van der Waals surface area (Å²) in [5, 5.41) is 9.25. The van der Waals surface area contributed by atoms with Gasteiger partial charge in [-0.2, -0.15) is 0 Å². The number of carboxylic acid groups (broad SMARTS) is 1. The summed E-state index contributed by atoms with van der Waals surface area (Å²) in [4.78, 5) is 25.4. The van der Waals surface area contributed by atoms with Gasteiger partial charge >= 0.3 is 5.97 Å². The maximum Gasteiger partial charge on any atom is 0.307 e. The van der Waals surface area contributed by atoms with Gasteiger partial charge in [-0.1, -0.05) is 13.3 Å². The number of carboxylic acids is 1. The van der Waals surface area contributed by atoms with Gasteiger partial charge < -0.3 is 10.0 Å². The van der Waals surface area contributed by atoms with E-state index in [-0.39, 0.29) is 11.8 Å². The van der Waals surface area contributed by atoms with Gasteiger partial charge in [0.25, 0.3) is 0 Å².